The number of nitrogens with zero attached hydrogens (tertiary/aromatic N) is 10. The van der Waals surface area contributed by atoms with Gasteiger partial charge in [-0.15, -0.1) is 0 Å². The second-order valence-corrected chi connectivity index (χ2v) is 27.2. The number of benzene rings is 5. The molecule has 0 radical (unpaired) electrons. The van der Waals surface area contributed by atoms with Crippen LogP contribution >= 0.6 is 11.6 Å². The zero-order valence-corrected chi connectivity index (χ0v) is 60.0. The van der Waals surface area contributed by atoms with Crippen LogP contribution in [0.3, 0.4) is 0 Å². The zero-order chi connectivity index (χ0) is 67.5. The van der Waals surface area contributed by atoms with Gasteiger partial charge in [-0.2, -0.15) is 0 Å². The summed E-state index contributed by atoms with van der Waals surface area (Å²) in [5.41, 5.74) is 16.8. The quantitative estimate of drug-likeness (QED) is 0.0723. The topological polar surface area (TPSA) is 83.2 Å². The van der Waals surface area contributed by atoms with E-state index in [2.05, 4.69) is 267 Å². The third-order valence-corrected chi connectivity index (χ3v) is 19.9. The van der Waals surface area contributed by atoms with Gasteiger partial charge in [-0.25, -0.2) is 0 Å². The van der Waals surface area contributed by atoms with Gasteiger partial charge in [-0.1, -0.05) is 83.5 Å². The molecular formula is C82H104ClN13. The summed E-state index contributed by atoms with van der Waals surface area (Å²) in [5, 5.41) is 14.9. The Kier molecular flexibility index (Phi) is 25.7. The first-order valence-electron chi connectivity index (χ1n) is 35.1. The van der Waals surface area contributed by atoms with Gasteiger partial charge in [0.1, 0.15) is 0 Å². The summed E-state index contributed by atoms with van der Waals surface area (Å²) >= 11 is 5.95. The molecule has 7 heterocycles. The van der Waals surface area contributed by atoms with Gasteiger partial charge in [0.25, 0.3) is 0 Å². The van der Waals surface area contributed by atoms with Gasteiger partial charge in [0.05, 0.1) is 36.7 Å². The molecule has 12 rings (SSSR count). The number of fused-ring (bicyclic) bond motifs is 3. The monoisotopic (exact) mass is 1310 g/mol. The Labute approximate surface area is 579 Å². The Morgan fingerprint density at radius 1 is 0.427 bits per heavy atom. The molecule has 3 aliphatic heterocycles. The largest absolute Gasteiger partial charge is 0.374 e. The smallest absolute Gasteiger partial charge is 0.0931 e. The third kappa shape index (κ3) is 19.0. The van der Waals surface area contributed by atoms with Crippen molar-refractivity contribution in [1.82, 2.24) is 48.1 Å². The van der Waals surface area contributed by atoms with Crippen LogP contribution in [0.5, 0.6) is 0 Å². The molecular weight excluding hydrogens is 1200 g/mol. The second kappa shape index (κ2) is 34.8. The minimum atomic E-state index is 0.598. The van der Waals surface area contributed by atoms with E-state index in [1.54, 1.807) is 0 Å². The summed E-state index contributed by atoms with van der Waals surface area (Å²) in [5.74, 6) is 20.1. The maximum atomic E-state index is 5.95. The molecule has 4 aromatic heterocycles. The van der Waals surface area contributed by atoms with Crippen LogP contribution in [0.1, 0.15) is 104 Å². The molecule has 0 amide bonds. The minimum Gasteiger partial charge on any atom is -0.374 e. The van der Waals surface area contributed by atoms with Crippen molar-refractivity contribution in [1.29, 1.82) is 0 Å². The molecule has 3 saturated heterocycles. The number of pyridine rings is 1. The lowest BCUT2D eigenvalue weighted by Gasteiger charge is -2.35. The van der Waals surface area contributed by atoms with Crippen molar-refractivity contribution in [3.8, 4) is 35.5 Å². The molecule has 5 aromatic carbocycles. The van der Waals surface area contributed by atoms with Crippen molar-refractivity contribution in [2.45, 2.75) is 131 Å². The third-order valence-electron chi connectivity index (χ3n) is 19.7. The van der Waals surface area contributed by atoms with Gasteiger partial charge in [0.15, 0.2) is 0 Å². The summed E-state index contributed by atoms with van der Waals surface area (Å²) in [6.45, 7) is 25.4. The van der Waals surface area contributed by atoms with Crippen LogP contribution in [0.4, 0.5) is 17.1 Å². The molecule has 9 aromatic rings. The SMILES string of the molecule is CCn1c(C#CCNc2ccc(C)cc2)cc2c(CN3CCC(N(C)C)CC3)cccc21.CCn1c(C#CCNc2ccc(Cl)cc2)cc2c(CN3CCC(N(C)C)CC3)cccc21.CCn1c(C#CCNc2ccnc(C)c2)cc2c(CN3CCC(N(C)C)CC3)cccc21. The Morgan fingerprint density at radius 2 is 0.760 bits per heavy atom. The molecule has 0 atom stereocenters. The van der Waals surface area contributed by atoms with E-state index in [4.69, 9.17) is 11.6 Å². The summed E-state index contributed by atoms with van der Waals surface area (Å²) < 4.78 is 7.00. The van der Waals surface area contributed by atoms with E-state index in [0.29, 0.717) is 25.7 Å². The fraction of sp³-hybridized carbons (Fsp3) is 0.427. The fourth-order valence-corrected chi connectivity index (χ4v) is 14.2. The van der Waals surface area contributed by atoms with E-state index in [-0.39, 0.29) is 0 Å². The van der Waals surface area contributed by atoms with E-state index in [9.17, 15) is 0 Å². The van der Waals surface area contributed by atoms with E-state index >= 15 is 0 Å². The highest BCUT2D eigenvalue weighted by Crippen LogP contribution is 2.30. The van der Waals surface area contributed by atoms with Crippen LogP contribution in [0.2, 0.25) is 5.02 Å². The van der Waals surface area contributed by atoms with Crippen molar-refractivity contribution in [3.63, 3.8) is 0 Å². The average Bonchev–Trinajstić information content (AvgIpc) is 1.65. The van der Waals surface area contributed by atoms with Crippen molar-refractivity contribution < 1.29 is 0 Å². The molecule has 504 valence electrons. The number of halogens is 1. The molecule has 3 N–H and O–H groups in total. The maximum Gasteiger partial charge on any atom is 0.0931 e. The highest BCUT2D eigenvalue weighted by Gasteiger charge is 2.25. The van der Waals surface area contributed by atoms with Crippen molar-refractivity contribution >= 4 is 61.4 Å². The number of likely N-dealkylation sites (tertiary alicyclic amines) is 3. The maximum absolute atomic E-state index is 5.95. The molecule has 96 heavy (non-hydrogen) atoms. The van der Waals surface area contributed by atoms with E-state index in [1.807, 2.05) is 49.5 Å². The average molecular weight is 1310 g/mol. The Hall–Kier alpha value is -8.00. The molecule has 13 nitrogen and oxygen atoms in total. The summed E-state index contributed by atoms with van der Waals surface area (Å²) in [4.78, 5) is 19.2. The van der Waals surface area contributed by atoms with Crippen LogP contribution in [0, 0.1) is 49.4 Å². The highest BCUT2D eigenvalue weighted by atomic mass is 35.5. The molecule has 0 bridgehead atoms. The molecule has 0 saturated carbocycles. The van der Waals surface area contributed by atoms with Crippen LogP contribution in [0.25, 0.3) is 32.7 Å². The first-order chi connectivity index (χ1) is 46.6. The first kappa shape index (κ1) is 70.8. The number of hydrogen-bond acceptors (Lipinski definition) is 10. The lowest BCUT2D eigenvalue weighted by Crippen LogP contribution is -2.41. The first-order valence-corrected chi connectivity index (χ1v) is 35.5. The van der Waals surface area contributed by atoms with E-state index < -0.39 is 0 Å². The van der Waals surface area contributed by atoms with Gasteiger partial charge < -0.3 is 44.4 Å². The van der Waals surface area contributed by atoms with E-state index in [0.717, 1.165) is 109 Å². The normalized spacial score (nSPS) is 15.2. The van der Waals surface area contributed by atoms with Gasteiger partial charge in [0, 0.05) is 124 Å². The molecule has 14 heteroatoms. The van der Waals surface area contributed by atoms with Crippen molar-refractivity contribution in [2.75, 3.05) is 117 Å². The van der Waals surface area contributed by atoms with Crippen LogP contribution in [-0.2, 0) is 39.3 Å². The van der Waals surface area contributed by atoms with Gasteiger partial charge in [-0.05, 0) is 274 Å². The van der Waals surface area contributed by atoms with Crippen LogP contribution in [-0.4, -0.2) is 167 Å². The van der Waals surface area contributed by atoms with Gasteiger partial charge in [0.2, 0.25) is 0 Å². The Balaban J connectivity index is 0.000000157. The standard InChI is InChI=1S/C28H36N4.C27H33ClN4.C27H35N5/c1-5-32-26(9-7-17-29-24-13-11-22(2)12-14-24)20-27-23(8-6-10-28(27)32)21-31-18-15-25(16-19-31)30(3)4;1-4-32-25(8-6-16-29-23-12-10-22(28)11-13-23)19-26-21(7-5-9-27(26)32)20-31-17-14-24(15-18-31)30(2)3;1-5-32-25(9-7-14-29-23-11-15-28-21(2)18-23)19-26-22(8-6-10-27(26)32)20-31-16-12-24(13-17-31)30(3)4/h6,8,10-14,20,25,29H,5,15-19,21H2,1-4H3;5,7,9-13,19,24,29H,4,14-18,20H2,1-3H3;6,8,10-11,15,18-19,24H,5,12-14,16-17,20H2,1-4H3,(H,28,29). The molecule has 0 aliphatic carbocycles. The molecule has 3 fully saturated rings. The molecule has 0 unspecified atom stereocenters. The fourth-order valence-electron chi connectivity index (χ4n) is 14.0. The second-order valence-electron chi connectivity index (χ2n) is 26.8. The number of hydrogen-bond donors (Lipinski definition) is 3. The van der Waals surface area contributed by atoms with Crippen molar-refractivity contribution in [2.24, 2.45) is 0 Å². The number of nitrogens with one attached hydrogen (secondary N) is 3. The van der Waals surface area contributed by atoms with Crippen molar-refractivity contribution in [3.05, 3.63) is 190 Å². The number of anilines is 3. The van der Waals surface area contributed by atoms with Crippen LogP contribution in [0.15, 0.2) is 140 Å². The summed E-state index contributed by atoms with van der Waals surface area (Å²) in [7, 11) is 13.2. The summed E-state index contributed by atoms with van der Waals surface area (Å²) in [6.07, 6.45) is 9.32. The van der Waals surface area contributed by atoms with Crippen LogP contribution < -0.4 is 16.0 Å². The number of aromatic nitrogens is 4. The lowest BCUT2D eigenvalue weighted by molar-refractivity contribution is 0.140. The molecule has 3 aliphatic rings. The zero-order valence-electron chi connectivity index (χ0n) is 59.2. The lowest BCUT2D eigenvalue weighted by atomic mass is 10.0. The van der Waals surface area contributed by atoms with Gasteiger partial charge >= 0.3 is 0 Å². The Morgan fingerprint density at radius 3 is 1.08 bits per heavy atom. The number of aryl methyl sites for hydroxylation is 5. The predicted molar refractivity (Wildman–Crippen MR) is 407 cm³/mol. The number of piperidine rings is 3. The minimum absolute atomic E-state index is 0.598. The predicted octanol–water partition coefficient (Wildman–Crippen LogP) is 14.6. The highest BCUT2D eigenvalue weighted by molar-refractivity contribution is 6.30. The van der Waals surface area contributed by atoms with E-state index in [1.165, 1.54) is 120 Å². The Bertz CT molecular complexity index is 3970. The molecule has 0 spiro atoms. The van der Waals surface area contributed by atoms with Gasteiger partial charge in [-0.3, -0.25) is 19.7 Å². The number of rotatable bonds is 18. The summed E-state index contributed by atoms with van der Waals surface area (Å²) in [6, 6.07) is 49.3.